The van der Waals surface area contributed by atoms with Crippen LogP contribution in [0, 0.1) is 17.1 Å². The van der Waals surface area contributed by atoms with Crippen LogP contribution >= 0.6 is 0 Å². The summed E-state index contributed by atoms with van der Waals surface area (Å²) in [5.74, 6) is -4.70. The summed E-state index contributed by atoms with van der Waals surface area (Å²) in [6, 6.07) is 17.1. The number of para-hydroxylation sites is 1. The molecule has 48 heavy (non-hydrogen) atoms. The molecule has 4 rings (SSSR count). The highest BCUT2D eigenvalue weighted by atomic mass is 19.4. The zero-order valence-electron chi connectivity index (χ0n) is 25.8. The molecule has 0 aliphatic carbocycles. The van der Waals surface area contributed by atoms with Gasteiger partial charge < -0.3 is 16.2 Å². The lowest BCUT2D eigenvalue weighted by atomic mass is 9.78. The number of amidine groups is 1. The number of aliphatic hydroxyl groups excluding tert-OH is 1. The van der Waals surface area contributed by atoms with Gasteiger partial charge in [-0.05, 0) is 55.0 Å². The third-order valence-electron chi connectivity index (χ3n) is 7.66. The SMILES string of the molecule is CCN1C(=O)C(NC(=O)c2cccc(C(F)(F)F)c2)C(c2ccc(F)cc2)/C(=C(/N)C(=O)[N+](C)=C(C#N)CCO)C1=Nc1ccccc1. The summed E-state index contributed by atoms with van der Waals surface area (Å²) in [6.07, 6.45) is -4.93. The fraction of sp³-hybridized carbons (Fsp3) is 0.235. The number of carbonyl (C=O) groups excluding carboxylic acids is 3. The number of rotatable bonds is 8. The van der Waals surface area contributed by atoms with Crippen LogP contribution in [0.2, 0.25) is 0 Å². The maximum atomic E-state index is 14.3. The van der Waals surface area contributed by atoms with Crippen LogP contribution < -0.4 is 11.1 Å². The Morgan fingerprint density at radius 1 is 1.08 bits per heavy atom. The molecular weight excluding hydrogens is 632 g/mol. The number of hydrogen-bond donors (Lipinski definition) is 3. The van der Waals surface area contributed by atoms with Gasteiger partial charge in [-0.1, -0.05) is 36.4 Å². The summed E-state index contributed by atoms with van der Waals surface area (Å²) in [6.45, 7) is 1.11. The normalized spacial score (nSPS) is 19.0. The molecule has 2 atom stereocenters. The Morgan fingerprint density at radius 2 is 1.75 bits per heavy atom. The van der Waals surface area contributed by atoms with E-state index in [9.17, 15) is 42.3 Å². The molecule has 1 aliphatic rings. The van der Waals surface area contributed by atoms with E-state index in [-0.39, 0.29) is 35.6 Å². The van der Waals surface area contributed by atoms with Gasteiger partial charge in [0, 0.05) is 23.6 Å². The van der Waals surface area contributed by atoms with Gasteiger partial charge in [0.15, 0.2) is 11.8 Å². The van der Waals surface area contributed by atoms with Crippen LogP contribution in [0.5, 0.6) is 0 Å². The van der Waals surface area contributed by atoms with Crippen molar-refractivity contribution in [3.05, 3.63) is 113 Å². The second-order valence-corrected chi connectivity index (χ2v) is 10.6. The number of nitrogens with zero attached hydrogens (tertiary/aromatic N) is 4. The van der Waals surface area contributed by atoms with Crippen LogP contribution in [0.3, 0.4) is 0 Å². The molecule has 3 aromatic carbocycles. The highest BCUT2D eigenvalue weighted by Crippen LogP contribution is 2.38. The number of halogens is 4. The first-order valence-electron chi connectivity index (χ1n) is 14.7. The highest BCUT2D eigenvalue weighted by Gasteiger charge is 2.48. The molecule has 2 unspecified atom stereocenters. The number of piperidine rings is 1. The second kappa shape index (κ2) is 14.8. The molecule has 3 aromatic rings. The first kappa shape index (κ1) is 35.2. The molecule has 248 valence electrons. The fourth-order valence-electron chi connectivity index (χ4n) is 5.26. The summed E-state index contributed by atoms with van der Waals surface area (Å²) in [7, 11) is 1.27. The van der Waals surface area contributed by atoms with Crippen LogP contribution in [0.15, 0.2) is 95.1 Å². The maximum Gasteiger partial charge on any atom is 0.436 e. The first-order chi connectivity index (χ1) is 22.8. The number of likely N-dealkylation sites (tertiary alicyclic amines) is 1. The van der Waals surface area contributed by atoms with Gasteiger partial charge in [-0.3, -0.25) is 14.5 Å². The largest absolute Gasteiger partial charge is 0.436 e. The molecule has 0 radical (unpaired) electrons. The van der Waals surface area contributed by atoms with Crippen molar-refractivity contribution in [1.29, 1.82) is 5.26 Å². The number of nitrogens with one attached hydrogen (secondary N) is 1. The lowest BCUT2D eigenvalue weighted by Crippen LogP contribution is -2.59. The fourth-order valence-corrected chi connectivity index (χ4v) is 5.26. The smallest absolute Gasteiger partial charge is 0.396 e. The number of amides is 3. The van der Waals surface area contributed by atoms with Crippen molar-refractivity contribution < 1.29 is 41.6 Å². The number of aliphatic hydroxyl groups is 1. The minimum Gasteiger partial charge on any atom is -0.396 e. The molecule has 14 heteroatoms. The van der Waals surface area contributed by atoms with Crippen molar-refractivity contribution >= 4 is 35.0 Å². The van der Waals surface area contributed by atoms with Crippen LogP contribution in [0.25, 0.3) is 0 Å². The molecule has 0 spiro atoms. The minimum atomic E-state index is -4.75. The van der Waals surface area contributed by atoms with E-state index >= 15 is 0 Å². The Morgan fingerprint density at radius 3 is 2.33 bits per heavy atom. The van der Waals surface area contributed by atoms with Gasteiger partial charge in [0.25, 0.3) is 17.5 Å². The Bertz CT molecular complexity index is 1850. The van der Waals surface area contributed by atoms with Crippen LogP contribution in [0.1, 0.15) is 40.7 Å². The molecule has 1 heterocycles. The van der Waals surface area contributed by atoms with Crippen LogP contribution in [0.4, 0.5) is 23.2 Å². The Balaban J connectivity index is 2.02. The quantitative estimate of drug-likeness (QED) is 0.143. The van der Waals surface area contributed by atoms with E-state index in [1.165, 1.54) is 24.1 Å². The van der Waals surface area contributed by atoms with E-state index in [0.717, 1.165) is 34.9 Å². The third-order valence-corrected chi connectivity index (χ3v) is 7.66. The number of nitrogens with two attached hydrogens (primary N) is 1. The minimum absolute atomic E-state index is 0.0442. The van der Waals surface area contributed by atoms with Gasteiger partial charge in [-0.25, -0.2) is 14.2 Å². The van der Waals surface area contributed by atoms with Crippen molar-refractivity contribution in [2.24, 2.45) is 10.7 Å². The topological polar surface area (TPSA) is 152 Å². The molecule has 0 aromatic heterocycles. The lowest BCUT2D eigenvalue weighted by molar-refractivity contribution is -0.414. The van der Waals surface area contributed by atoms with Crippen molar-refractivity contribution in [2.75, 3.05) is 20.2 Å². The molecule has 3 amide bonds. The van der Waals surface area contributed by atoms with Gasteiger partial charge in [0.2, 0.25) is 0 Å². The van der Waals surface area contributed by atoms with Gasteiger partial charge >= 0.3 is 12.1 Å². The predicted octanol–water partition coefficient (Wildman–Crippen LogP) is 4.05. The summed E-state index contributed by atoms with van der Waals surface area (Å²) in [5.41, 5.74) is 5.00. The zero-order chi connectivity index (χ0) is 35.2. The Labute approximate surface area is 273 Å². The molecule has 4 N–H and O–H groups in total. The molecule has 1 fully saturated rings. The van der Waals surface area contributed by atoms with Gasteiger partial charge in [0.05, 0.1) is 24.3 Å². The second-order valence-electron chi connectivity index (χ2n) is 10.6. The number of nitriles is 1. The molecule has 1 saturated heterocycles. The van der Waals surface area contributed by atoms with Crippen molar-refractivity contribution in [2.45, 2.75) is 31.5 Å². The summed E-state index contributed by atoms with van der Waals surface area (Å²) in [5, 5.41) is 21.6. The highest BCUT2D eigenvalue weighted by molar-refractivity contribution is 6.18. The standard InChI is InChI=1S/C34H30F4N6O4/c1-3-44-30(41-24-10-5-4-6-11-24)27(28(40)32(47)43(2)25(19-39)16-17-45)26(20-12-14-23(35)15-13-20)29(33(44)48)42-31(46)21-8-7-9-22(18-21)34(36,37)38/h4-15,18,26,29,45H,3,16-17H2,1-2H3,(H2-,40,41,42,46)/p+1. The number of alkyl halides is 3. The predicted molar refractivity (Wildman–Crippen MR) is 167 cm³/mol. The summed E-state index contributed by atoms with van der Waals surface area (Å²) >= 11 is 0. The molecule has 0 bridgehead atoms. The number of hydrogen-bond acceptors (Lipinski definition) is 7. The third kappa shape index (κ3) is 7.48. The van der Waals surface area contributed by atoms with Gasteiger partial charge in [-0.2, -0.15) is 23.0 Å². The maximum absolute atomic E-state index is 14.3. The average molecular weight is 664 g/mol. The molecule has 10 nitrogen and oxygen atoms in total. The van der Waals surface area contributed by atoms with Gasteiger partial charge in [-0.15, -0.1) is 0 Å². The molecule has 1 aliphatic heterocycles. The van der Waals surface area contributed by atoms with E-state index in [4.69, 9.17) is 5.73 Å². The van der Waals surface area contributed by atoms with E-state index in [1.54, 1.807) is 37.3 Å². The van der Waals surface area contributed by atoms with Gasteiger partial charge in [0.1, 0.15) is 24.7 Å². The number of aliphatic imine (C=N–C) groups is 1. The van der Waals surface area contributed by atoms with Crippen LogP contribution in [-0.2, 0) is 15.8 Å². The number of likely N-dealkylation sites (N-methyl/N-ethyl adjacent to an activating group) is 2. The van der Waals surface area contributed by atoms with Crippen LogP contribution in [-0.4, -0.2) is 70.1 Å². The van der Waals surface area contributed by atoms with E-state index < -0.39 is 65.1 Å². The summed E-state index contributed by atoms with van der Waals surface area (Å²) in [4.78, 5) is 47.5. The monoisotopic (exact) mass is 663 g/mol. The zero-order valence-corrected chi connectivity index (χ0v) is 25.8. The molecule has 0 saturated carbocycles. The average Bonchev–Trinajstić information content (AvgIpc) is 3.08. The van der Waals surface area contributed by atoms with E-state index in [0.29, 0.717) is 11.8 Å². The lowest BCUT2D eigenvalue weighted by Gasteiger charge is -2.41. The van der Waals surface area contributed by atoms with Crippen molar-refractivity contribution in [3.63, 3.8) is 0 Å². The van der Waals surface area contributed by atoms with E-state index in [1.807, 2.05) is 6.07 Å². The molecular formula is C34H31F4N6O4+. The number of carbonyl (C=O) groups is 3. The first-order valence-corrected chi connectivity index (χ1v) is 14.7. The Kier molecular flexibility index (Phi) is 10.9. The Hall–Kier alpha value is -5.68. The van der Waals surface area contributed by atoms with Crippen molar-refractivity contribution in [3.8, 4) is 6.07 Å². The van der Waals surface area contributed by atoms with E-state index in [2.05, 4.69) is 10.3 Å². The number of benzene rings is 3. The van der Waals surface area contributed by atoms with Crippen molar-refractivity contribution in [1.82, 2.24) is 10.2 Å². The summed E-state index contributed by atoms with van der Waals surface area (Å²) < 4.78 is 55.5.